The minimum absolute atomic E-state index is 0.256. The Hall–Kier alpha value is -2.33. The molecule has 3 aromatic rings. The summed E-state index contributed by atoms with van der Waals surface area (Å²) in [7, 11) is 0. The topological polar surface area (TPSA) is 75.9 Å². The largest absolute Gasteiger partial charge is 0.370 e. The summed E-state index contributed by atoms with van der Waals surface area (Å²) in [5.41, 5.74) is 0.784. The van der Waals surface area contributed by atoms with E-state index >= 15 is 0 Å². The smallest absolute Gasteiger partial charge is 0.235 e. The van der Waals surface area contributed by atoms with Crippen LogP contribution in [0.15, 0.2) is 18.2 Å². The molecule has 5 rings (SSSR count). The van der Waals surface area contributed by atoms with Gasteiger partial charge in [-0.3, -0.25) is 0 Å². The van der Waals surface area contributed by atoms with Gasteiger partial charge in [0, 0.05) is 38.0 Å². The van der Waals surface area contributed by atoms with Crippen LogP contribution in [0.1, 0.15) is 13.3 Å². The summed E-state index contributed by atoms with van der Waals surface area (Å²) < 4.78 is 13.6. The fraction of sp³-hybridized carbons (Fsp3) is 0.500. The second-order valence-electron chi connectivity index (χ2n) is 7.52. The predicted octanol–water partition coefficient (Wildman–Crippen LogP) is 2.97. The normalized spacial score (nSPS) is 21.2. The molecule has 0 spiro atoms. The zero-order valence-electron chi connectivity index (χ0n) is 15.9. The van der Waals surface area contributed by atoms with E-state index in [1.165, 1.54) is 23.5 Å². The van der Waals surface area contributed by atoms with E-state index in [1.807, 2.05) is 0 Å². The number of fused-ring (bicyclic) bond motifs is 1. The first-order valence-corrected chi connectivity index (χ1v) is 10.9. The maximum absolute atomic E-state index is 13.6. The van der Waals surface area contributed by atoms with Crippen LogP contribution in [0.25, 0.3) is 10.8 Å². The first-order chi connectivity index (χ1) is 14.1. The molecule has 2 aliphatic heterocycles. The molecule has 0 aliphatic carbocycles. The number of hydrogen-bond donors (Lipinski definition) is 0. The maximum atomic E-state index is 13.6. The summed E-state index contributed by atoms with van der Waals surface area (Å²) in [5.74, 6) is 1.25. The summed E-state index contributed by atoms with van der Waals surface area (Å²) in [5, 5.41) is 23.3. The summed E-state index contributed by atoms with van der Waals surface area (Å²) in [6.07, 6.45) is 0.950. The molecule has 152 valence electrons. The number of tetrazole rings is 1. The van der Waals surface area contributed by atoms with E-state index in [0.29, 0.717) is 27.7 Å². The molecule has 2 aliphatic rings. The van der Waals surface area contributed by atoms with Crippen molar-refractivity contribution in [1.82, 2.24) is 30.4 Å². The average molecular weight is 435 g/mol. The van der Waals surface area contributed by atoms with Crippen LogP contribution in [-0.4, -0.2) is 56.6 Å². The Balaban J connectivity index is 1.26. The number of hydrogen-bond acceptors (Lipinski definition) is 8. The van der Waals surface area contributed by atoms with Gasteiger partial charge in [-0.1, -0.05) is 29.9 Å². The van der Waals surface area contributed by atoms with Crippen LogP contribution in [0.2, 0.25) is 5.02 Å². The van der Waals surface area contributed by atoms with Crippen molar-refractivity contribution in [2.75, 3.05) is 36.0 Å². The number of aryl methyl sites for hydroxylation is 1. The first-order valence-electron chi connectivity index (χ1n) is 9.67. The molecule has 0 amide bonds. The van der Waals surface area contributed by atoms with Crippen molar-refractivity contribution in [3.63, 3.8) is 0 Å². The van der Waals surface area contributed by atoms with E-state index in [9.17, 15) is 4.39 Å². The van der Waals surface area contributed by atoms with Gasteiger partial charge >= 0.3 is 0 Å². The lowest BCUT2D eigenvalue weighted by Crippen LogP contribution is -2.28. The van der Waals surface area contributed by atoms with E-state index in [4.69, 9.17) is 11.6 Å². The van der Waals surface area contributed by atoms with Gasteiger partial charge in [-0.15, -0.1) is 20.4 Å². The predicted molar refractivity (Wildman–Crippen MR) is 110 cm³/mol. The number of rotatable bonds is 5. The molecule has 1 aromatic carbocycles. The van der Waals surface area contributed by atoms with Crippen LogP contribution in [0.5, 0.6) is 0 Å². The second-order valence-corrected chi connectivity index (χ2v) is 8.89. The Morgan fingerprint density at radius 3 is 2.62 bits per heavy atom. The Bertz CT molecular complexity index is 1010. The molecular formula is C18H20ClFN8S. The van der Waals surface area contributed by atoms with Crippen LogP contribution in [0.3, 0.4) is 0 Å². The van der Waals surface area contributed by atoms with Crippen LogP contribution < -0.4 is 9.80 Å². The van der Waals surface area contributed by atoms with E-state index in [-0.39, 0.29) is 5.82 Å². The lowest BCUT2D eigenvalue weighted by molar-refractivity contribution is 0.515. The molecule has 0 N–H and O–H groups in total. The van der Waals surface area contributed by atoms with Crippen molar-refractivity contribution in [2.24, 2.45) is 11.8 Å². The van der Waals surface area contributed by atoms with Crippen LogP contribution in [0.4, 0.5) is 15.2 Å². The molecule has 0 bridgehead atoms. The van der Waals surface area contributed by atoms with E-state index in [0.717, 1.165) is 50.0 Å². The molecular weight excluding hydrogens is 415 g/mol. The summed E-state index contributed by atoms with van der Waals surface area (Å²) in [6, 6.07) is 4.55. The maximum Gasteiger partial charge on any atom is 0.235 e. The Morgan fingerprint density at radius 2 is 1.86 bits per heavy atom. The van der Waals surface area contributed by atoms with Crippen molar-refractivity contribution < 1.29 is 4.39 Å². The highest BCUT2D eigenvalue weighted by Gasteiger charge is 2.41. The molecule has 11 heteroatoms. The number of benzene rings is 1. The number of halogens is 2. The highest BCUT2D eigenvalue weighted by Crippen LogP contribution is 2.39. The standard InChI is InChI=1S/C18H20ClFN8S/c1-2-5-28-24-16(21-25-28)17-22-23-18(29-17)27-9-11-7-26(8-12(11)10-27)15-6-13(20)3-4-14(15)19/h3-4,6,11-12H,2,5,7-10H2,1H3. The van der Waals surface area contributed by atoms with Gasteiger partial charge in [0.25, 0.3) is 0 Å². The van der Waals surface area contributed by atoms with E-state index in [2.05, 4.69) is 42.3 Å². The molecule has 0 saturated carbocycles. The quantitative estimate of drug-likeness (QED) is 0.611. The Kier molecular flexibility index (Phi) is 4.83. The first kappa shape index (κ1) is 18.7. The van der Waals surface area contributed by atoms with Gasteiger partial charge in [-0.25, -0.2) is 4.39 Å². The fourth-order valence-electron chi connectivity index (χ4n) is 4.13. The summed E-state index contributed by atoms with van der Waals surface area (Å²) in [4.78, 5) is 6.06. The van der Waals surface area contributed by atoms with Crippen molar-refractivity contribution in [2.45, 2.75) is 19.9 Å². The fourth-order valence-corrected chi connectivity index (χ4v) is 5.16. The van der Waals surface area contributed by atoms with Gasteiger partial charge in [0.2, 0.25) is 11.0 Å². The monoisotopic (exact) mass is 434 g/mol. The third kappa shape index (κ3) is 3.55. The molecule has 2 unspecified atom stereocenters. The Labute approximate surface area is 176 Å². The third-order valence-corrected chi connectivity index (χ3v) is 6.79. The zero-order chi connectivity index (χ0) is 20.0. The van der Waals surface area contributed by atoms with E-state index < -0.39 is 0 Å². The zero-order valence-corrected chi connectivity index (χ0v) is 17.4. The number of nitrogens with zero attached hydrogens (tertiary/aromatic N) is 8. The number of aromatic nitrogens is 6. The van der Waals surface area contributed by atoms with Crippen molar-refractivity contribution in [3.8, 4) is 10.8 Å². The lowest BCUT2D eigenvalue weighted by Gasteiger charge is -2.23. The van der Waals surface area contributed by atoms with Crippen LogP contribution in [-0.2, 0) is 6.54 Å². The van der Waals surface area contributed by atoms with Crippen LogP contribution >= 0.6 is 22.9 Å². The van der Waals surface area contributed by atoms with Gasteiger partial charge in [0.15, 0.2) is 5.01 Å². The molecule has 2 saturated heterocycles. The third-order valence-electron chi connectivity index (χ3n) is 5.49. The van der Waals surface area contributed by atoms with Gasteiger partial charge in [-0.05, 0) is 29.8 Å². The summed E-state index contributed by atoms with van der Waals surface area (Å²) in [6.45, 7) is 6.34. The van der Waals surface area contributed by atoms with Crippen molar-refractivity contribution in [3.05, 3.63) is 29.0 Å². The summed E-state index contributed by atoms with van der Waals surface area (Å²) >= 11 is 7.78. The second kappa shape index (κ2) is 7.49. The molecule has 8 nitrogen and oxygen atoms in total. The minimum Gasteiger partial charge on any atom is -0.370 e. The van der Waals surface area contributed by atoms with E-state index in [1.54, 1.807) is 10.9 Å². The molecule has 29 heavy (non-hydrogen) atoms. The number of anilines is 2. The molecule has 2 fully saturated rings. The molecule has 2 aromatic heterocycles. The lowest BCUT2D eigenvalue weighted by atomic mass is 10.0. The average Bonchev–Trinajstić information content (AvgIpc) is 3.46. The SMILES string of the molecule is CCCn1nnc(-c2nnc(N3CC4CN(c5cc(F)ccc5Cl)CC4C3)s2)n1. The highest BCUT2D eigenvalue weighted by atomic mass is 35.5. The van der Waals surface area contributed by atoms with Gasteiger partial charge in [0.05, 0.1) is 17.3 Å². The van der Waals surface area contributed by atoms with Crippen molar-refractivity contribution in [1.29, 1.82) is 0 Å². The molecule has 4 heterocycles. The minimum atomic E-state index is -0.256. The van der Waals surface area contributed by atoms with Gasteiger partial charge in [0.1, 0.15) is 5.82 Å². The Morgan fingerprint density at radius 1 is 1.10 bits per heavy atom. The molecule has 2 atom stereocenters. The van der Waals surface area contributed by atoms with Crippen LogP contribution in [0, 0.1) is 17.7 Å². The highest BCUT2D eigenvalue weighted by molar-refractivity contribution is 7.18. The van der Waals surface area contributed by atoms with Gasteiger partial charge in [-0.2, -0.15) is 4.80 Å². The van der Waals surface area contributed by atoms with Gasteiger partial charge < -0.3 is 9.80 Å². The molecule has 0 radical (unpaired) electrons. The van der Waals surface area contributed by atoms with Crippen molar-refractivity contribution >= 4 is 33.8 Å².